The summed E-state index contributed by atoms with van der Waals surface area (Å²) in [5.74, 6) is 0.0950. The molecule has 4 rings (SSSR count). The van der Waals surface area contributed by atoms with Gasteiger partial charge >= 0.3 is 0 Å². The minimum atomic E-state index is 0.0269. The molecule has 1 saturated carbocycles. The Kier molecular flexibility index (Phi) is 4.27. The maximum absolute atomic E-state index is 12.5. The van der Waals surface area contributed by atoms with Crippen LogP contribution in [0, 0.1) is 0 Å². The van der Waals surface area contributed by atoms with E-state index in [1.165, 1.54) is 19.3 Å². The number of pyridine rings is 1. The van der Waals surface area contributed by atoms with Gasteiger partial charge in [-0.15, -0.1) is 0 Å². The molecule has 2 aliphatic rings. The van der Waals surface area contributed by atoms with E-state index in [2.05, 4.69) is 15.3 Å². The van der Waals surface area contributed by atoms with Crippen LogP contribution in [0.4, 0.5) is 0 Å². The summed E-state index contributed by atoms with van der Waals surface area (Å²) in [4.78, 5) is 19.9. The molecule has 2 fully saturated rings. The number of H-pyrrole nitrogens is 1. The SMILES string of the molecule is O=C(Cc1c[nH]c2ncccc12)N[C@@H]1CCOC2(CCCCC2)C1. The first-order valence-electron chi connectivity index (χ1n) is 9.08. The van der Waals surface area contributed by atoms with Crippen molar-refractivity contribution in [2.45, 2.75) is 63.0 Å². The van der Waals surface area contributed by atoms with E-state index >= 15 is 0 Å². The third kappa shape index (κ3) is 3.18. The maximum Gasteiger partial charge on any atom is 0.224 e. The third-order valence-corrected chi connectivity index (χ3v) is 5.51. The van der Waals surface area contributed by atoms with Crippen molar-refractivity contribution in [1.29, 1.82) is 0 Å². The monoisotopic (exact) mass is 327 g/mol. The van der Waals surface area contributed by atoms with Crippen LogP contribution in [0.1, 0.15) is 50.5 Å². The number of carbonyl (C=O) groups excluding carboxylic acids is 1. The first-order chi connectivity index (χ1) is 11.7. The van der Waals surface area contributed by atoms with E-state index in [4.69, 9.17) is 4.74 Å². The number of aromatic amines is 1. The first-order valence-corrected chi connectivity index (χ1v) is 9.08. The van der Waals surface area contributed by atoms with Gasteiger partial charge < -0.3 is 15.0 Å². The van der Waals surface area contributed by atoms with Crippen molar-refractivity contribution in [1.82, 2.24) is 15.3 Å². The molecule has 2 aromatic rings. The van der Waals surface area contributed by atoms with Crippen LogP contribution >= 0.6 is 0 Å². The van der Waals surface area contributed by atoms with Crippen LogP contribution in [0.5, 0.6) is 0 Å². The first kappa shape index (κ1) is 15.6. The molecular formula is C19H25N3O2. The molecule has 1 spiro atoms. The minimum absolute atomic E-state index is 0.0269. The molecular weight excluding hydrogens is 302 g/mol. The fraction of sp³-hybridized carbons (Fsp3) is 0.579. The lowest BCUT2D eigenvalue weighted by Gasteiger charge is -2.43. The van der Waals surface area contributed by atoms with Crippen LogP contribution in [0.15, 0.2) is 24.5 Å². The Labute approximate surface area is 142 Å². The van der Waals surface area contributed by atoms with Gasteiger partial charge in [0.25, 0.3) is 0 Å². The van der Waals surface area contributed by atoms with E-state index in [9.17, 15) is 4.79 Å². The molecule has 1 saturated heterocycles. The van der Waals surface area contributed by atoms with Crippen LogP contribution in [-0.4, -0.2) is 34.1 Å². The lowest BCUT2D eigenvalue weighted by molar-refractivity contribution is -0.128. The van der Waals surface area contributed by atoms with Gasteiger partial charge in [0, 0.05) is 30.4 Å². The topological polar surface area (TPSA) is 67.0 Å². The van der Waals surface area contributed by atoms with Crippen molar-refractivity contribution in [2.24, 2.45) is 0 Å². The van der Waals surface area contributed by atoms with Crippen LogP contribution < -0.4 is 5.32 Å². The molecule has 1 aliphatic carbocycles. The Morgan fingerprint density at radius 3 is 3.12 bits per heavy atom. The van der Waals surface area contributed by atoms with Gasteiger partial charge in [0.05, 0.1) is 12.0 Å². The summed E-state index contributed by atoms with van der Waals surface area (Å²) in [5, 5.41) is 4.27. The molecule has 0 bridgehead atoms. The van der Waals surface area contributed by atoms with E-state index in [0.717, 1.165) is 48.9 Å². The second kappa shape index (κ2) is 6.55. The fourth-order valence-electron chi connectivity index (χ4n) is 4.31. The van der Waals surface area contributed by atoms with Crippen molar-refractivity contribution < 1.29 is 9.53 Å². The predicted octanol–water partition coefficient (Wildman–Crippen LogP) is 3.10. The molecule has 2 N–H and O–H groups in total. The van der Waals surface area contributed by atoms with Gasteiger partial charge in [-0.05, 0) is 43.4 Å². The third-order valence-electron chi connectivity index (χ3n) is 5.51. The zero-order chi connectivity index (χ0) is 16.4. The summed E-state index contributed by atoms with van der Waals surface area (Å²) in [6, 6.07) is 4.16. The standard InChI is InChI=1S/C19H25N3O2/c23-17(11-14-13-21-18-16(14)5-4-9-20-18)22-15-6-10-24-19(12-15)7-2-1-3-8-19/h4-5,9,13,15H,1-3,6-8,10-12H2,(H,20,21)(H,22,23)/t15-/m1/s1. The number of amides is 1. The van der Waals surface area contributed by atoms with Crippen LogP contribution in [0.25, 0.3) is 11.0 Å². The molecule has 2 aromatic heterocycles. The van der Waals surface area contributed by atoms with Crippen molar-refractivity contribution in [3.8, 4) is 0 Å². The van der Waals surface area contributed by atoms with Gasteiger partial charge in [-0.3, -0.25) is 4.79 Å². The Hall–Kier alpha value is -1.88. The molecule has 1 aliphatic heterocycles. The average molecular weight is 327 g/mol. The Bertz CT molecular complexity index is 713. The Morgan fingerprint density at radius 1 is 1.38 bits per heavy atom. The van der Waals surface area contributed by atoms with Gasteiger partial charge in [0.15, 0.2) is 0 Å². The fourth-order valence-corrected chi connectivity index (χ4v) is 4.31. The second-order valence-corrected chi connectivity index (χ2v) is 7.24. The minimum Gasteiger partial charge on any atom is -0.375 e. The van der Waals surface area contributed by atoms with Gasteiger partial charge in [-0.1, -0.05) is 19.3 Å². The van der Waals surface area contributed by atoms with E-state index in [0.29, 0.717) is 6.42 Å². The number of ether oxygens (including phenoxy) is 1. The second-order valence-electron chi connectivity index (χ2n) is 7.24. The van der Waals surface area contributed by atoms with Gasteiger partial charge in [-0.25, -0.2) is 4.98 Å². The maximum atomic E-state index is 12.5. The molecule has 0 aromatic carbocycles. The summed E-state index contributed by atoms with van der Waals surface area (Å²) in [6.07, 6.45) is 12.1. The smallest absolute Gasteiger partial charge is 0.224 e. The number of rotatable bonds is 3. The summed E-state index contributed by atoms with van der Waals surface area (Å²) < 4.78 is 6.12. The molecule has 0 unspecified atom stereocenters. The number of hydrogen-bond acceptors (Lipinski definition) is 3. The van der Waals surface area contributed by atoms with Crippen molar-refractivity contribution in [3.05, 3.63) is 30.1 Å². The highest BCUT2D eigenvalue weighted by Gasteiger charge is 2.38. The van der Waals surface area contributed by atoms with Gasteiger partial charge in [-0.2, -0.15) is 0 Å². The summed E-state index contributed by atoms with van der Waals surface area (Å²) in [7, 11) is 0. The molecule has 0 radical (unpaired) electrons. The lowest BCUT2D eigenvalue weighted by atomic mass is 9.78. The van der Waals surface area contributed by atoms with Gasteiger partial charge in [0.1, 0.15) is 5.65 Å². The zero-order valence-corrected chi connectivity index (χ0v) is 14.0. The molecule has 128 valence electrons. The lowest BCUT2D eigenvalue weighted by Crippen LogP contribution is -2.49. The number of hydrogen-bond donors (Lipinski definition) is 2. The highest BCUT2D eigenvalue weighted by atomic mass is 16.5. The average Bonchev–Trinajstić information content (AvgIpc) is 2.99. The zero-order valence-electron chi connectivity index (χ0n) is 14.0. The summed E-state index contributed by atoms with van der Waals surface area (Å²) >= 11 is 0. The highest BCUT2D eigenvalue weighted by Crippen LogP contribution is 2.38. The highest BCUT2D eigenvalue weighted by molar-refractivity contribution is 5.87. The van der Waals surface area contributed by atoms with Gasteiger partial charge in [0.2, 0.25) is 5.91 Å². The van der Waals surface area contributed by atoms with E-state index in [1.54, 1.807) is 6.20 Å². The van der Waals surface area contributed by atoms with E-state index in [-0.39, 0.29) is 17.6 Å². The number of carbonyl (C=O) groups is 1. The predicted molar refractivity (Wildman–Crippen MR) is 92.7 cm³/mol. The molecule has 1 amide bonds. The molecule has 1 atom stereocenters. The Balaban J connectivity index is 1.39. The van der Waals surface area contributed by atoms with Crippen LogP contribution in [0.3, 0.4) is 0 Å². The van der Waals surface area contributed by atoms with Crippen LogP contribution in [-0.2, 0) is 16.0 Å². The number of fused-ring (bicyclic) bond motifs is 1. The summed E-state index contributed by atoms with van der Waals surface area (Å²) in [5.41, 5.74) is 1.88. The van der Waals surface area contributed by atoms with E-state index in [1.807, 2.05) is 18.3 Å². The van der Waals surface area contributed by atoms with Crippen molar-refractivity contribution in [3.63, 3.8) is 0 Å². The molecule has 5 nitrogen and oxygen atoms in total. The molecule has 24 heavy (non-hydrogen) atoms. The quantitative estimate of drug-likeness (QED) is 0.910. The number of aromatic nitrogens is 2. The van der Waals surface area contributed by atoms with Crippen molar-refractivity contribution in [2.75, 3.05) is 6.61 Å². The Morgan fingerprint density at radius 2 is 2.25 bits per heavy atom. The number of nitrogens with one attached hydrogen (secondary N) is 2. The normalized spacial score (nSPS) is 23.4. The summed E-state index contributed by atoms with van der Waals surface area (Å²) in [6.45, 7) is 0.766. The largest absolute Gasteiger partial charge is 0.375 e. The molecule has 3 heterocycles. The molecule has 5 heteroatoms. The number of nitrogens with zero attached hydrogens (tertiary/aromatic N) is 1. The van der Waals surface area contributed by atoms with E-state index < -0.39 is 0 Å². The van der Waals surface area contributed by atoms with Crippen molar-refractivity contribution >= 4 is 16.9 Å². The van der Waals surface area contributed by atoms with Crippen LogP contribution in [0.2, 0.25) is 0 Å².